The number of rotatable bonds is 7. The van der Waals surface area contributed by atoms with E-state index < -0.39 is 0 Å². The zero-order valence-electron chi connectivity index (χ0n) is 10.5. The van der Waals surface area contributed by atoms with Gasteiger partial charge >= 0.3 is 0 Å². The Morgan fingerprint density at radius 2 is 2.07 bits per heavy atom. The van der Waals surface area contributed by atoms with E-state index >= 15 is 0 Å². The van der Waals surface area contributed by atoms with Crippen LogP contribution in [0, 0.1) is 5.92 Å². The fourth-order valence-electron chi connectivity index (χ4n) is 1.13. The molecule has 0 aliphatic carbocycles. The maximum atomic E-state index is 11.6. The molecule has 0 aliphatic rings. The SMILES string of the molecule is C=CCCCC(=O)[C@@H](C)COC(C)(C)C. The van der Waals surface area contributed by atoms with Crippen molar-refractivity contribution >= 4 is 5.78 Å². The van der Waals surface area contributed by atoms with Gasteiger partial charge in [-0.3, -0.25) is 4.79 Å². The van der Waals surface area contributed by atoms with Gasteiger partial charge in [0.1, 0.15) is 5.78 Å². The molecule has 0 aromatic heterocycles. The van der Waals surface area contributed by atoms with E-state index in [9.17, 15) is 4.79 Å². The number of allylic oxidation sites excluding steroid dienone is 1. The number of carbonyl (C=O) groups is 1. The topological polar surface area (TPSA) is 26.3 Å². The summed E-state index contributed by atoms with van der Waals surface area (Å²) < 4.78 is 5.58. The van der Waals surface area contributed by atoms with E-state index in [2.05, 4.69) is 6.58 Å². The molecule has 0 rings (SSSR count). The van der Waals surface area contributed by atoms with Gasteiger partial charge in [0.2, 0.25) is 0 Å². The largest absolute Gasteiger partial charge is 0.375 e. The quantitative estimate of drug-likeness (QED) is 0.478. The number of ether oxygens (including phenoxy) is 1. The van der Waals surface area contributed by atoms with Crippen LogP contribution >= 0.6 is 0 Å². The lowest BCUT2D eigenvalue weighted by molar-refractivity contribution is -0.126. The van der Waals surface area contributed by atoms with E-state index in [-0.39, 0.29) is 11.5 Å². The molecule has 0 saturated heterocycles. The molecule has 0 spiro atoms. The van der Waals surface area contributed by atoms with Gasteiger partial charge in [0.05, 0.1) is 12.2 Å². The van der Waals surface area contributed by atoms with Crippen molar-refractivity contribution in [2.75, 3.05) is 6.61 Å². The monoisotopic (exact) mass is 212 g/mol. The highest BCUT2D eigenvalue weighted by atomic mass is 16.5. The number of unbranched alkanes of at least 4 members (excludes halogenated alkanes) is 1. The van der Waals surface area contributed by atoms with Crippen LogP contribution in [-0.4, -0.2) is 18.0 Å². The highest BCUT2D eigenvalue weighted by Crippen LogP contribution is 2.12. The average molecular weight is 212 g/mol. The van der Waals surface area contributed by atoms with Gasteiger partial charge in [0.25, 0.3) is 0 Å². The summed E-state index contributed by atoms with van der Waals surface area (Å²) in [6.07, 6.45) is 4.31. The van der Waals surface area contributed by atoms with Crippen LogP contribution in [0.1, 0.15) is 47.0 Å². The summed E-state index contributed by atoms with van der Waals surface area (Å²) in [4.78, 5) is 11.6. The van der Waals surface area contributed by atoms with E-state index in [0.717, 1.165) is 12.8 Å². The lowest BCUT2D eigenvalue weighted by Gasteiger charge is -2.21. The average Bonchev–Trinajstić information content (AvgIpc) is 2.13. The molecule has 0 amide bonds. The molecule has 0 aromatic carbocycles. The van der Waals surface area contributed by atoms with Crippen LogP contribution in [0.25, 0.3) is 0 Å². The number of Topliss-reactive ketones (excluding diaryl/α,β-unsaturated/α-hetero) is 1. The van der Waals surface area contributed by atoms with Crippen molar-refractivity contribution in [2.45, 2.75) is 52.6 Å². The van der Waals surface area contributed by atoms with Crippen molar-refractivity contribution < 1.29 is 9.53 Å². The Labute approximate surface area is 93.7 Å². The first-order valence-corrected chi connectivity index (χ1v) is 5.64. The Balaban J connectivity index is 3.74. The van der Waals surface area contributed by atoms with Gasteiger partial charge in [-0.1, -0.05) is 13.0 Å². The lowest BCUT2D eigenvalue weighted by Crippen LogP contribution is -2.26. The predicted molar refractivity (Wildman–Crippen MR) is 63.9 cm³/mol. The number of hydrogen-bond donors (Lipinski definition) is 0. The Kier molecular flexibility index (Phi) is 6.50. The third-order valence-electron chi connectivity index (χ3n) is 2.15. The molecule has 88 valence electrons. The van der Waals surface area contributed by atoms with Crippen molar-refractivity contribution in [1.29, 1.82) is 0 Å². The van der Waals surface area contributed by atoms with Crippen LogP contribution in [-0.2, 0) is 9.53 Å². The molecule has 0 radical (unpaired) electrons. The van der Waals surface area contributed by atoms with Gasteiger partial charge in [-0.25, -0.2) is 0 Å². The van der Waals surface area contributed by atoms with Crippen molar-refractivity contribution in [3.8, 4) is 0 Å². The molecule has 0 aromatic rings. The van der Waals surface area contributed by atoms with Gasteiger partial charge < -0.3 is 4.74 Å². The minimum Gasteiger partial charge on any atom is -0.375 e. The highest BCUT2D eigenvalue weighted by Gasteiger charge is 2.17. The molecule has 0 saturated carbocycles. The molecule has 2 heteroatoms. The van der Waals surface area contributed by atoms with Crippen molar-refractivity contribution in [3.05, 3.63) is 12.7 Å². The van der Waals surface area contributed by atoms with Crippen molar-refractivity contribution in [2.24, 2.45) is 5.92 Å². The van der Waals surface area contributed by atoms with Gasteiger partial charge in [-0.2, -0.15) is 0 Å². The second-order valence-corrected chi connectivity index (χ2v) is 4.97. The Morgan fingerprint density at radius 1 is 1.47 bits per heavy atom. The van der Waals surface area contributed by atoms with Gasteiger partial charge in [-0.15, -0.1) is 6.58 Å². The molecule has 0 bridgehead atoms. The Morgan fingerprint density at radius 3 is 2.53 bits per heavy atom. The third-order valence-corrected chi connectivity index (χ3v) is 2.15. The standard InChI is InChI=1S/C13H24O2/c1-6-7-8-9-12(14)11(2)10-15-13(3,4)5/h6,11H,1,7-10H2,2-5H3/t11-/m0/s1. The number of carbonyl (C=O) groups excluding carboxylic acids is 1. The second-order valence-electron chi connectivity index (χ2n) is 4.97. The molecule has 0 unspecified atom stereocenters. The number of ketones is 1. The molecule has 1 atom stereocenters. The molecular weight excluding hydrogens is 188 g/mol. The smallest absolute Gasteiger partial charge is 0.138 e. The van der Waals surface area contributed by atoms with E-state index in [4.69, 9.17) is 4.74 Å². The van der Waals surface area contributed by atoms with Gasteiger partial charge in [0.15, 0.2) is 0 Å². The first-order chi connectivity index (χ1) is 6.87. The molecule has 0 aliphatic heterocycles. The van der Waals surface area contributed by atoms with Gasteiger partial charge in [-0.05, 0) is 33.6 Å². The zero-order chi connectivity index (χ0) is 11.9. The summed E-state index contributed by atoms with van der Waals surface area (Å²) in [7, 11) is 0. The Bertz CT molecular complexity index is 201. The van der Waals surface area contributed by atoms with E-state index in [0.29, 0.717) is 18.8 Å². The van der Waals surface area contributed by atoms with Crippen LogP contribution in [0.5, 0.6) is 0 Å². The summed E-state index contributed by atoms with van der Waals surface area (Å²) in [5.41, 5.74) is -0.157. The number of hydrogen-bond acceptors (Lipinski definition) is 2. The van der Waals surface area contributed by atoms with E-state index in [1.165, 1.54) is 0 Å². The fraction of sp³-hybridized carbons (Fsp3) is 0.769. The van der Waals surface area contributed by atoms with Crippen LogP contribution in [0.3, 0.4) is 0 Å². The molecule has 2 nitrogen and oxygen atoms in total. The summed E-state index contributed by atoms with van der Waals surface area (Å²) in [6.45, 7) is 12.1. The van der Waals surface area contributed by atoms with Crippen LogP contribution in [0.15, 0.2) is 12.7 Å². The summed E-state index contributed by atoms with van der Waals surface area (Å²) >= 11 is 0. The molecular formula is C13H24O2. The summed E-state index contributed by atoms with van der Waals surface area (Å²) in [6, 6.07) is 0. The molecule has 0 heterocycles. The lowest BCUT2D eigenvalue weighted by atomic mass is 10.0. The third kappa shape index (κ3) is 8.37. The van der Waals surface area contributed by atoms with Crippen LogP contribution in [0.2, 0.25) is 0 Å². The van der Waals surface area contributed by atoms with Crippen LogP contribution < -0.4 is 0 Å². The molecule has 15 heavy (non-hydrogen) atoms. The normalized spacial score (nSPS) is 13.6. The van der Waals surface area contributed by atoms with E-state index in [1.54, 1.807) is 0 Å². The van der Waals surface area contributed by atoms with Crippen molar-refractivity contribution in [3.63, 3.8) is 0 Å². The van der Waals surface area contributed by atoms with Gasteiger partial charge in [0, 0.05) is 12.3 Å². The predicted octanol–water partition coefficient (Wildman–Crippen LogP) is 3.36. The Hall–Kier alpha value is -0.630. The first kappa shape index (κ1) is 14.4. The minimum absolute atomic E-state index is 0.00837. The van der Waals surface area contributed by atoms with E-state index in [1.807, 2.05) is 33.8 Å². The second kappa shape index (κ2) is 6.78. The maximum Gasteiger partial charge on any atom is 0.138 e. The first-order valence-electron chi connectivity index (χ1n) is 5.64. The van der Waals surface area contributed by atoms with Crippen molar-refractivity contribution in [1.82, 2.24) is 0 Å². The van der Waals surface area contributed by atoms with Crippen LogP contribution in [0.4, 0.5) is 0 Å². The summed E-state index contributed by atoms with van der Waals surface area (Å²) in [5, 5.41) is 0. The zero-order valence-corrected chi connectivity index (χ0v) is 10.5. The maximum absolute atomic E-state index is 11.6. The molecule has 0 fully saturated rings. The fourth-order valence-corrected chi connectivity index (χ4v) is 1.13. The summed E-state index contributed by atoms with van der Waals surface area (Å²) in [5.74, 6) is 0.301. The highest BCUT2D eigenvalue weighted by molar-refractivity contribution is 5.80. The minimum atomic E-state index is -0.157. The molecule has 0 N–H and O–H groups in total.